The van der Waals surface area contributed by atoms with Crippen LogP contribution in [-0.4, -0.2) is 30.4 Å². The van der Waals surface area contributed by atoms with Gasteiger partial charge < -0.3 is 9.64 Å². The van der Waals surface area contributed by atoms with Crippen molar-refractivity contribution < 1.29 is 14.3 Å². The van der Waals surface area contributed by atoms with Crippen LogP contribution in [0.5, 0.6) is 5.75 Å². The number of hydrogen-bond donors (Lipinski definition) is 0. The molecule has 0 spiro atoms. The standard InChI is InChI=1S/C26H23ClN2O3/c1-3-28(17-18-7-5-4-6-8-18)24-23(19-9-11-20(27)12-10-19)25(30)29(26(24)31)21-13-15-22(32-2)16-14-21/h4-16H,3,17H2,1-2H3. The number of benzene rings is 3. The molecule has 3 aromatic carbocycles. The third-order valence-electron chi connectivity index (χ3n) is 5.44. The zero-order valence-corrected chi connectivity index (χ0v) is 18.7. The molecule has 5 nitrogen and oxygen atoms in total. The smallest absolute Gasteiger partial charge is 0.282 e. The van der Waals surface area contributed by atoms with Gasteiger partial charge in [-0.25, -0.2) is 4.90 Å². The van der Waals surface area contributed by atoms with E-state index in [2.05, 4.69) is 0 Å². The number of rotatable bonds is 7. The van der Waals surface area contributed by atoms with Gasteiger partial charge in [0, 0.05) is 18.1 Å². The van der Waals surface area contributed by atoms with Gasteiger partial charge >= 0.3 is 0 Å². The Hall–Kier alpha value is -3.57. The second kappa shape index (κ2) is 9.28. The molecule has 0 radical (unpaired) electrons. The van der Waals surface area contributed by atoms with E-state index in [-0.39, 0.29) is 11.8 Å². The SMILES string of the molecule is CCN(Cc1ccccc1)C1=C(c2ccc(Cl)cc2)C(=O)N(c2ccc(OC)cc2)C1=O. The third-order valence-corrected chi connectivity index (χ3v) is 5.69. The molecule has 0 aliphatic carbocycles. The molecule has 6 heteroatoms. The first-order chi connectivity index (χ1) is 15.5. The summed E-state index contributed by atoms with van der Waals surface area (Å²) in [7, 11) is 1.57. The summed E-state index contributed by atoms with van der Waals surface area (Å²) in [6.45, 7) is 3.05. The van der Waals surface area contributed by atoms with Crippen molar-refractivity contribution in [3.63, 3.8) is 0 Å². The van der Waals surface area contributed by atoms with Crippen LogP contribution in [0, 0.1) is 0 Å². The fourth-order valence-electron chi connectivity index (χ4n) is 3.81. The lowest BCUT2D eigenvalue weighted by Crippen LogP contribution is -2.35. The number of amides is 2. The number of anilines is 1. The maximum absolute atomic E-state index is 13.7. The van der Waals surface area contributed by atoms with Gasteiger partial charge in [0.25, 0.3) is 11.8 Å². The predicted octanol–water partition coefficient (Wildman–Crippen LogP) is 5.16. The second-order valence-corrected chi connectivity index (χ2v) is 7.81. The zero-order chi connectivity index (χ0) is 22.7. The normalized spacial score (nSPS) is 13.7. The fraction of sp³-hybridized carbons (Fsp3) is 0.154. The number of carbonyl (C=O) groups excluding carboxylic acids is 2. The van der Waals surface area contributed by atoms with Crippen LogP contribution in [0.4, 0.5) is 5.69 Å². The second-order valence-electron chi connectivity index (χ2n) is 7.37. The molecule has 1 heterocycles. The van der Waals surface area contributed by atoms with E-state index in [9.17, 15) is 9.59 Å². The first-order valence-corrected chi connectivity index (χ1v) is 10.7. The molecular formula is C26H23ClN2O3. The van der Waals surface area contributed by atoms with Crippen molar-refractivity contribution in [2.45, 2.75) is 13.5 Å². The van der Waals surface area contributed by atoms with E-state index < -0.39 is 0 Å². The molecule has 0 N–H and O–H groups in total. The van der Waals surface area contributed by atoms with Crippen LogP contribution in [0.3, 0.4) is 0 Å². The van der Waals surface area contributed by atoms with Crippen molar-refractivity contribution in [2.75, 3.05) is 18.6 Å². The van der Waals surface area contributed by atoms with E-state index in [1.165, 1.54) is 4.90 Å². The van der Waals surface area contributed by atoms with Gasteiger partial charge in [-0.05, 0) is 54.4 Å². The van der Waals surface area contributed by atoms with Gasteiger partial charge in [0.2, 0.25) is 0 Å². The molecule has 3 aromatic rings. The number of halogens is 1. The van der Waals surface area contributed by atoms with Gasteiger partial charge in [0.15, 0.2) is 0 Å². The van der Waals surface area contributed by atoms with Crippen LogP contribution in [0.2, 0.25) is 5.02 Å². The number of methoxy groups -OCH3 is 1. The Kier molecular flexibility index (Phi) is 6.28. The highest BCUT2D eigenvalue weighted by Crippen LogP contribution is 2.36. The topological polar surface area (TPSA) is 49.9 Å². The van der Waals surface area contributed by atoms with Crippen molar-refractivity contribution in [2.24, 2.45) is 0 Å². The average Bonchev–Trinajstić information content (AvgIpc) is 3.08. The zero-order valence-electron chi connectivity index (χ0n) is 17.9. The molecule has 2 amide bonds. The minimum atomic E-state index is -0.357. The minimum absolute atomic E-state index is 0.345. The van der Waals surface area contributed by atoms with Gasteiger partial charge in [-0.15, -0.1) is 0 Å². The number of imide groups is 1. The number of carbonyl (C=O) groups is 2. The monoisotopic (exact) mass is 446 g/mol. The quantitative estimate of drug-likeness (QED) is 0.471. The third kappa shape index (κ3) is 4.12. The Labute approximate surface area is 192 Å². The summed E-state index contributed by atoms with van der Waals surface area (Å²) < 4.78 is 5.21. The van der Waals surface area contributed by atoms with E-state index in [1.54, 1.807) is 55.6 Å². The average molecular weight is 447 g/mol. The summed E-state index contributed by atoms with van der Waals surface area (Å²) in [6, 6.07) is 23.8. The van der Waals surface area contributed by atoms with Crippen LogP contribution in [0.15, 0.2) is 84.6 Å². The van der Waals surface area contributed by atoms with Crippen molar-refractivity contribution >= 4 is 34.7 Å². The molecular weight excluding hydrogens is 424 g/mol. The lowest BCUT2D eigenvalue weighted by atomic mass is 10.0. The predicted molar refractivity (Wildman–Crippen MR) is 126 cm³/mol. The maximum Gasteiger partial charge on any atom is 0.282 e. The van der Waals surface area contributed by atoms with Crippen molar-refractivity contribution in [1.29, 1.82) is 0 Å². The summed E-state index contributed by atoms with van der Waals surface area (Å²) in [5, 5.41) is 0.566. The van der Waals surface area contributed by atoms with E-state index in [4.69, 9.17) is 16.3 Å². The molecule has 162 valence electrons. The minimum Gasteiger partial charge on any atom is -0.497 e. The van der Waals surface area contributed by atoms with Gasteiger partial charge in [-0.2, -0.15) is 0 Å². The number of likely N-dealkylation sites (N-methyl/N-ethyl adjacent to an activating group) is 1. The highest BCUT2D eigenvalue weighted by atomic mass is 35.5. The first-order valence-electron chi connectivity index (χ1n) is 10.4. The largest absolute Gasteiger partial charge is 0.497 e. The summed E-state index contributed by atoms with van der Waals surface area (Å²) in [6.07, 6.45) is 0. The Morgan fingerprint density at radius 3 is 2.12 bits per heavy atom. The molecule has 0 atom stereocenters. The van der Waals surface area contributed by atoms with Crippen LogP contribution in [0.25, 0.3) is 5.57 Å². The van der Waals surface area contributed by atoms with E-state index in [0.717, 1.165) is 5.56 Å². The van der Waals surface area contributed by atoms with E-state index >= 15 is 0 Å². The molecule has 0 saturated carbocycles. The van der Waals surface area contributed by atoms with Crippen LogP contribution >= 0.6 is 11.6 Å². The van der Waals surface area contributed by atoms with E-state index in [0.29, 0.717) is 46.4 Å². The fourth-order valence-corrected chi connectivity index (χ4v) is 3.93. The molecule has 0 unspecified atom stereocenters. The maximum atomic E-state index is 13.7. The molecule has 1 aliphatic rings. The summed E-state index contributed by atoms with van der Waals surface area (Å²) in [4.78, 5) is 30.4. The molecule has 4 rings (SSSR count). The lowest BCUT2D eigenvalue weighted by molar-refractivity contribution is -0.120. The first kappa shape index (κ1) is 21.7. The van der Waals surface area contributed by atoms with Crippen LogP contribution in [-0.2, 0) is 16.1 Å². The highest BCUT2D eigenvalue weighted by molar-refractivity contribution is 6.45. The number of ether oxygens (including phenoxy) is 1. The van der Waals surface area contributed by atoms with E-state index in [1.807, 2.05) is 42.2 Å². The van der Waals surface area contributed by atoms with Crippen molar-refractivity contribution in [3.8, 4) is 5.75 Å². The Morgan fingerprint density at radius 2 is 1.53 bits per heavy atom. The van der Waals surface area contributed by atoms with Gasteiger partial charge in [-0.3, -0.25) is 9.59 Å². The summed E-state index contributed by atoms with van der Waals surface area (Å²) in [5.74, 6) is -0.0508. The van der Waals surface area contributed by atoms with Crippen molar-refractivity contribution in [1.82, 2.24) is 4.90 Å². The molecule has 32 heavy (non-hydrogen) atoms. The Balaban J connectivity index is 1.80. The molecule has 0 saturated heterocycles. The molecule has 0 aromatic heterocycles. The molecule has 0 bridgehead atoms. The summed E-state index contributed by atoms with van der Waals surface area (Å²) >= 11 is 6.07. The van der Waals surface area contributed by atoms with Crippen LogP contribution < -0.4 is 9.64 Å². The van der Waals surface area contributed by atoms with Gasteiger partial charge in [-0.1, -0.05) is 54.1 Å². The Bertz CT molecular complexity index is 1160. The lowest BCUT2D eigenvalue weighted by Gasteiger charge is -2.25. The number of hydrogen-bond acceptors (Lipinski definition) is 4. The highest BCUT2D eigenvalue weighted by Gasteiger charge is 2.42. The molecule has 0 fully saturated rings. The van der Waals surface area contributed by atoms with Gasteiger partial charge in [0.05, 0.1) is 18.4 Å². The van der Waals surface area contributed by atoms with Gasteiger partial charge in [0.1, 0.15) is 11.4 Å². The summed E-state index contributed by atoms with van der Waals surface area (Å²) in [5.41, 5.74) is 2.98. The van der Waals surface area contributed by atoms with Crippen LogP contribution in [0.1, 0.15) is 18.1 Å². The number of nitrogens with zero attached hydrogens (tertiary/aromatic N) is 2. The Morgan fingerprint density at radius 1 is 0.875 bits per heavy atom. The van der Waals surface area contributed by atoms with Crippen molar-refractivity contribution in [3.05, 3.63) is 101 Å². The molecule has 1 aliphatic heterocycles.